The summed E-state index contributed by atoms with van der Waals surface area (Å²) in [4.78, 5) is 12.2. The Morgan fingerprint density at radius 3 is 1.37 bits per heavy atom. The Kier molecular flexibility index (Phi) is 41.1. The summed E-state index contributed by atoms with van der Waals surface area (Å²) < 4.78 is 11.1. The van der Waals surface area contributed by atoms with Crippen molar-refractivity contribution < 1.29 is 19.4 Å². The van der Waals surface area contributed by atoms with E-state index in [2.05, 4.69) is 62.5 Å². The number of hydrogen-bond acceptors (Lipinski definition) is 4. The van der Waals surface area contributed by atoms with Gasteiger partial charge in [0.1, 0.15) is 6.10 Å². The predicted octanol–water partition coefficient (Wildman–Crippen LogP) is 13.9. The molecule has 4 nitrogen and oxygen atoms in total. The second-order valence-corrected chi connectivity index (χ2v) is 14.1. The molecule has 1 N–H and O–H groups in total. The third kappa shape index (κ3) is 40.7. The molecule has 0 saturated carbocycles. The van der Waals surface area contributed by atoms with E-state index in [1.165, 1.54) is 154 Å². The van der Waals surface area contributed by atoms with Crippen molar-refractivity contribution in [3.8, 4) is 0 Å². The van der Waals surface area contributed by atoms with Gasteiger partial charge in [0, 0.05) is 13.0 Å². The molecular weight excluding hydrogens is 604 g/mol. The molecule has 0 aliphatic carbocycles. The van der Waals surface area contributed by atoms with E-state index in [0.717, 1.165) is 32.1 Å². The quantitative estimate of drug-likeness (QED) is 0.0397. The van der Waals surface area contributed by atoms with Crippen LogP contribution in [0.15, 0.2) is 48.6 Å². The molecule has 0 aliphatic heterocycles. The van der Waals surface area contributed by atoms with Crippen molar-refractivity contribution in [2.24, 2.45) is 0 Å². The lowest BCUT2D eigenvalue weighted by atomic mass is 10.0. The minimum atomic E-state index is -0.539. The number of unbranched alkanes of at least 4 members (excludes halogenated alkanes) is 23. The summed E-state index contributed by atoms with van der Waals surface area (Å²) in [7, 11) is 0. The summed E-state index contributed by atoms with van der Waals surface area (Å²) >= 11 is 0. The molecule has 0 aromatic carbocycles. The molecule has 0 rings (SSSR count). The van der Waals surface area contributed by atoms with Gasteiger partial charge in [0.2, 0.25) is 0 Å². The standard InChI is InChI=1S/C45H82O4/c1-3-5-7-9-11-13-15-17-18-19-20-21-22-23-24-25-26-27-28-29-30-32-34-36-38-40-45(47)49-44(42-46)43-48-41-39-37-35-33-31-16-14-12-10-8-6-4-2/h10,12,15,17,19-20,22-23,44,46H,3-9,11,13-14,16,18,21,24-43H2,1-2H3/b12-10-,17-15-,20-19-,23-22-. The molecule has 4 heteroatoms. The van der Waals surface area contributed by atoms with Crippen LogP contribution in [0, 0.1) is 0 Å². The van der Waals surface area contributed by atoms with Crippen molar-refractivity contribution >= 4 is 5.97 Å². The van der Waals surface area contributed by atoms with Crippen LogP contribution in [0.25, 0.3) is 0 Å². The van der Waals surface area contributed by atoms with E-state index in [1.807, 2.05) is 0 Å². The molecule has 0 heterocycles. The SMILES string of the molecule is CCCC/C=C\CCCCCCCCOCC(CO)OC(=O)CCCCCCCCCCCC/C=C\C/C=C\C/C=C\CCCCCCC. The predicted molar refractivity (Wildman–Crippen MR) is 214 cm³/mol. The Hall–Kier alpha value is -1.65. The van der Waals surface area contributed by atoms with Crippen LogP contribution in [0.2, 0.25) is 0 Å². The number of carbonyl (C=O) groups excluding carboxylic acids is 1. The molecule has 0 bridgehead atoms. The zero-order chi connectivity index (χ0) is 35.6. The van der Waals surface area contributed by atoms with E-state index in [0.29, 0.717) is 19.6 Å². The highest BCUT2D eigenvalue weighted by molar-refractivity contribution is 5.69. The molecule has 0 aliphatic rings. The van der Waals surface area contributed by atoms with Gasteiger partial charge in [-0.15, -0.1) is 0 Å². The minimum absolute atomic E-state index is 0.176. The van der Waals surface area contributed by atoms with Crippen molar-refractivity contribution in [3.05, 3.63) is 48.6 Å². The minimum Gasteiger partial charge on any atom is -0.457 e. The van der Waals surface area contributed by atoms with Crippen LogP contribution >= 0.6 is 0 Å². The fourth-order valence-corrected chi connectivity index (χ4v) is 5.90. The molecule has 0 saturated heterocycles. The lowest BCUT2D eigenvalue weighted by Gasteiger charge is -2.15. The van der Waals surface area contributed by atoms with Crippen molar-refractivity contribution in [2.75, 3.05) is 19.8 Å². The first-order chi connectivity index (χ1) is 24.2. The summed E-state index contributed by atoms with van der Waals surface area (Å²) in [6.07, 6.45) is 54.5. The molecule has 0 aromatic rings. The highest BCUT2D eigenvalue weighted by atomic mass is 16.6. The fourth-order valence-electron chi connectivity index (χ4n) is 5.90. The van der Waals surface area contributed by atoms with Gasteiger partial charge in [-0.1, -0.05) is 178 Å². The van der Waals surface area contributed by atoms with E-state index >= 15 is 0 Å². The normalized spacial score (nSPS) is 12.8. The third-order valence-electron chi connectivity index (χ3n) is 9.13. The summed E-state index contributed by atoms with van der Waals surface area (Å²) in [5, 5.41) is 9.58. The van der Waals surface area contributed by atoms with Gasteiger partial charge in [-0.2, -0.15) is 0 Å². The van der Waals surface area contributed by atoms with E-state index in [-0.39, 0.29) is 12.6 Å². The van der Waals surface area contributed by atoms with Gasteiger partial charge in [0.05, 0.1) is 13.2 Å². The van der Waals surface area contributed by atoms with Gasteiger partial charge in [-0.05, 0) is 70.6 Å². The first-order valence-corrected chi connectivity index (χ1v) is 21.2. The summed E-state index contributed by atoms with van der Waals surface area (Å²) in [5.41, 5.74) is 0. The van der Waals surface area contributed by atoms with Crippen molar-refractivity contribution in [3.63, 3.8) is 0 Å². The molecular formula is C45H82O4. The lowest BCUT2D eigenvalue weighted by molar-refractivity contribution is -0.154. The molecule has 0 fully saturated rings. The van der Waals surface area contributed by atoms with Gasteiger partial charge in [-0.25, -0.2) is 0 Å². The van der Waals surface area contributed by atoms with E-state index in [4.69, 9.17) is 9.47 Å². The number of rotatable bonds is 39. The topological polar surface area (TPSA) is 55.8 Å². The molecule has 286 valence electrons. The summed E-state index contributed by atoms with van der Waals surface area (Å²) in [5.74, 6) is -0.208. The monoisotopic (exact) mass is 687 g/mol. The van der Waals surface area contributed by atoms with Crippen LogP contribution in [0.1, 0.15) is 206 Å². The first-order valence-electron chi connectivity index (χ1n) is 21.2. The van der Waals surface area contributed by atoms with Gasteiger partial charge in [-0.3, -0.25) is 4.79 Å². The maximum absolute atomic E-state index is 12.2. The third-order valence-corrected chi connectivity index (χ3v) is 9.13. The summed E-state index contributed by atoms with van der Waals surface area (Å²) in [6, 6.07) is 0. The second kappa shape index (κ2) is 42.5. The zero-order valence-electron chi connectivity index (χ0n) is 32.7. The molecule has 0 spiro atoms. The average Bonchev–Trinajstić information content (AvgIpc) is 3.11. The number of aliphatic hydroxyl groups excluding tert-OH is 1. The highest BCUT2D eigenvalue weighted by Crippen LogP contribution is 2.13. The zero-order valence-corrected chi connectivity index (χ0v) is 32.7. The lowest BCUT2D eigenvalue weighted by Crippen LogP contribution is -2.27. The van der Waals surface area contributed by atoms with Crippen LogP contribution < -0.4 is 0 Å². The van der Waals surface area contributed by atoms with Gasteiger partial charge >= 0.3 is 5.97 Å². The molecule has 49 heavy (non-hydrogen) atoms. The van der Waals surface area contributed by atoms with Gasteiger partial charge < -0.3 is 14.6 Å². The highest BCUT2D eigenvalue weighted by Gasteiger charge is 2.13. The van der Waals surface area contributed by atoms with Crippen LogP contribution in [0.5, 0.6) is 0 Å². The van der Waals surface area contributed by atoms with Crippen LogP contribution in [0.4, 0.5) is 0 Å². The largest absolute Gasteiger partial charge is 0.457 e. The Morgan fingerprint density at radius 2 is 0.878 bits per heavy atom. The van der Waals surface area contributed by atoms with E-state index in [1.54, 1.807) is 0 Å². The Morgan fingerprint density at radius 1 is 0.490 bits per heavy atom. The van der Waals surface area contributed by atoms with Gasteiger partial charge in [0.25, 0.3) is 0 Å². The molecule has 0 amide bonds. The number of allylic oxidation sites excluding steroid dienone is 8. The number of ether oxygens (including phenoxy) is 2. The van der Waals surface area contributed by atoms with Crippen molar-refractivity contribution in [2.45, 2.75) is 213 Å². The van der Waals surface area contributed by atoms with E-state index in [9.17, 15) is 9.90 Å². The maximum atomic E-state index is 12.2. The first kappa shape index (κ1) is 47.4. The van der Waals surface area contributed by atoms with Crippen LogP contribution in [0.3, 0.4) is 0 Å². The Bertz CT molecular complexity index is 768. The van der Waals surface area contributed by atoms with Crippen molar-refractivity contribution in [1.29, 1.82) is 0 Å². The van der Waals surface area contributed by atoms with Crippen LogP contribution in [-0.4, -0.2) is 37.0 Å². The Balaban J connectivity index is 3.44. The average molecular weight is 687 g/mol. The molecule has 1 atom stereocenters. The molecule has 0 radical (unpaired) electrons. The van der Waals surface area contributed by atoms with Gasteiger partial charge in [0.15, 0.2) is 0 Å². The maximum Gasteiger partial charge on any atom is 0.306 e. The number of hydrogen-bond donors (Lipinski definition) is 1. The van der Waals surface area contributed by atoms with Crippen LogP contribution in [-0.2, 0) is 14.3 Å². The smallest absolute Gasteiger partial charge is 0.306 e. The molecule has 0 aromatic heterocycles. The molecule has 1 unspecified atom stereocenters. The number of aliphatic hydroxyl groups is 1. The number of carbonyl (C=O) groups is 1. The fraction of sp³-hybridized carbons (Fsp3) is 0.800. The Labute approximate surface area is 305 Å². The van der Waals surface area contributed by atoms with Crippen molar-refractivity contribution in [1.82, 2.24) is 0 Å². The number of esters is 1. The van der Waals surface area contributed by atoms with E-state index < -0.39 is 6.10 Å². The second-order valence-electron chi connectivity index (χ2n) is 14.1. The summed E-state index contributed by atoms with van der Waals surface area (Å²) in [6.45, 7) is 5.29.